The van der Waals surface area contributed by atoms with Crippen LogP contribution in [0.1, 0.15) is 66.8 Å². The first-order chi connectivity index (χ1) is 16.2. The highest BCUT2D eigenvalue weighted by Crippen LogP contribution is 2.34. The molecule has 2 aliphatic rings. The first-order valence-corrected chi connectivity index (χ1v) is 12.4. The molecular weight excluding hydrogens is 422 g/mol. The second kappa shape index (κ2) is 9.85. The van der Waals surface area contributed by atoms with E-state index in [1.807, 2.05) is 36.9 Å². The lowest BCUT2D eigenvalue weighted by Gasteiger charge is -2.52. The summed E-state index contributed by atoms with van der Waals surface area (Å²) in [7, 11) is 0. The van der Waals surface area contributed by atoms with Crippen LogP contribution < -0.4 is 0 Å². The van der Waals surface area contributed by atoms with Crippen LogP contribution in [0.25, 0.3) is 4.85 Å². The highest BCUT2D eigenvalue weighted by Gasteiger charge is 2.40. The summed E-state index contributed by atoms with van der Waals surface area (Å²) < 4.78 is 0. The Morgan fingerprint density at radius 1 is 1.12 bits per heavy atom. The lowest BCUT2D eigenvalue weighted by Crippen LogP contribution is -2.62. The van der Waals surface area contributed by atoms with Crippen LogP contribution in [0.2, 0.25) is 0 Å². The highest BCUT2D eigenvalue weighted by atomic mass is 16.2. The Kier molecular flexibility index (Phi) is 7.06. The SMILES string of the molecule is [C-]#[N+]c1ccc([C@H](C)N2CCN(C3(C)CCN(C(=O)c4c(C)ccnc4C)CC3)C[C@@H]2C)cc1. The molecule has 1 aromatic carbocycles. The number of pyridine rings is 1. The molecule has 1 aromatic heterocycles. The van der Waals surface area contributed by atoms with Gasteiger partial charge in [0.2, 0.25) is 0 Å². The molecule has 0 saturated carbocycles. The second-order valence-corrected chi connectivity index (χ2v) is 10.3. The number of hydrogen-bond donors (Lipinski definition) is 0. The Balaban J connectivity index is 1.37. The van der Waals surface area contributed by atoms with Gasteiger partial charge in [0.25, 0.3) is 5.91 Å². The van der Waals surface area contributed by atoms with Crippen molar-refractivity contribution in [3.63, 3.8) is 0 Å². The molecule has 1 amide bonds. The third-order valence-corrected chi connectivity index (χ3v) is 8.13. The molecule has 6 nitrogen and oxygen atoms in total. The average molecular weight is 460 g/mol. The van der Waals surface area contributed by atoms with E-state index in [9.17, 15) is 4.79 Å². The highest BCUT2D eigenvalue weighted by molar-refractivity contribution is 5.96. The predicted octanol–water partition coefficient (Wildman–Crippen LogP) is 5.01. The monoisotopic (exact) mass is 459 g/mol. The molecule has 0 radical (unpaired) electrons. The van der Waals surface area contributed by atoms with Crippen LogP contribution in [0.4, 0.5) is 5.69 Å². The number of carbonyl (C=O) groups excluding carboxylic acids is 1. The Morgan fingerprint density at radius 2 is 1.79 bits per heavy atom. The number of rotatable bonds is 4. The number of piperazine rings is 1. The quantitative estimate of drug-likeness (QED) is 0.603. The van der Waals surface area contributed by atoms with Crippen LogP contribution in [-0.4, -0.2) is 69.9 Å². The second-order valence-electron chi connectivity index (χ2n) is 10.3. The maximum absolute atomic E-state index is 13.2. The maximum atomic E-state index is 13.2. The molecule has 180 valence electrons. The Labute approximate surface area is 204 Å². The minimum Gasteiger partial charge on any atom is -0.338 e. The van der Waals surface area contributed by atoms with Gasteiger partial charge in [-0.25, -0.2) is 4.85 Å². The fourth-order valence-electron chi connectivity index (χ4n) is 5.74. The van der Waals surface area contributed by atoms with Gasteiger partial charge in [-0.3, -0.25) is 19.6 Å². The zero-order chi connectivity index (χ0) is 24.5. The minimum atomic E-state index is 0.122. The lowest BCUT2D eigenvalue weighted by atomic mass is 9.86. The minimum absolute atomic E-state index is 0.122. The molecule has 2 fully saturated rings. The number of aryl methyl sites for hydroxylation is 2. The van der Waals surface area contributed by atoms with Gasteiger partial charge in [0.05, 0.1) is 17.8 Å². The van der Waals surface area contributed by atoms with Gasteiger partial charge < -0.3 is 4.90 Å². The topological polar surface area (TPSA) is 44.0 Å². The number of hydrogen-bond acceptors (Lipinski definition) is 4. The van der Waals surface area contributed by atoms with Gasteiger partial charge in [-0.05, 0) is 64.7 Å². The summed E-state index contributed by atoms with van der Waals surface area (Å²) in [5, 5.41) is 0. The number of aromatic nitrogens is 1. The molecule has 0 bridgehead atoms. The zero-order valence-electron chi connectivity index (χ0n) is 21.2. The molecule has 2 aliphatic heterocycles. The fraction of sp³-hybridized carbons (Fsp3) is 0.536. The van der Waals surface area contributed by atoms with E-state index < -0.39 is 0 Å². The fourth-order valence-corrected chi connectivity index (χ4v) is 5.74. The van der Waals surface area contributed by atoms with Gasteiger partial charge in [0, 0.05) is 56.5 Å². The molecule has 0 N–H and O–H groups in total. The van der Waals surface area contributed by atoms with E-state index in [-0.39, 0.29) is 11.4 Å². The Bertz CT molecular complexity index is 1040. The zero-order valence-corrected chi connectivity index (χ0v) is 21.2. The van der Waals surface area contributed by atoms with Gasteiger partial charge in [0.1, 0.15) is 0 Å². The van der Waals surface area contributed by atoms with Gasteiger partial charge in [-0.1, -0.05) is 24.3 Å². The summed E-state index contributed by atoms with van der Waals surface area (Å²) in [4.78, 5) is 28.3. The number of likely N-dealkylation sites (tertiary alicyclic amines) is 1. The number of benzene rings is 1. The van der Waals surface area contributed by atoms with Crippen molar-refractivity contribution in [3.8, 4) is 0 Å². The van der Waals surface area contributed by atoms with E-state index in [0.29, 0.717) is 17.8 Å². The van der Waals surface area contributed by atoms with Gasteiger partial charge in [-0.15, -0.1) is 0 Å². The molecule has 2 aromatic rings. The van der Waals surface area contributed by atoms with Crippen molar-refractivity contribution in [1.29, 1.82) is 0 Å². The van der Waals surface area contributed by atoms with E-state index in [0.717, 1.165) is 62.4 Å². The molecule has 4 rings (SSSR count). The normalized spacial score (nSPS) is 22.2. The van der Waals surface area contributed by atoms with Crippen molar-refractivity contribution >= 4 is 11.6 Å². The van der Waals surface area contributed by atoms with Crippen LogP contribution in [0.3, 0.4) is 0 Å². The molecular formula is C28H37N5O. The van der Waals surface area contributed by atoms with Crippen LogP contribution in [0, 0.1) is 20.4 Å². The Hall–Kier alpha value is -2.75. The lowest BCUT2D eigenvalue weighted by molar-refractivity contribution is -0.0278. The van der Waals surface area contributed by atoms with E-state index in [2.05, 4.69) is 52.5 Å². The van der Waals surface area contributed by atoms with Crippen LogP contribution in [0.15, 0.2) is 36.5 Å². The molecule has 2 saturated heterocycles. The number of piperidine rings is 1. The predicted molar refractivity (Wildman–Crippen MR) is 136 cm³/mol. The molecule has 3 heterocycles. The van der Waals surface area contributed by atoms with Gasteiger partial charge in [0.15, 0.2) is 5.69 Å². The van der Waals surface area contributed by atoms with Gasteiger partial charge >= 0.3 is 0 Å². The number of amides is 1. The summed E-state index contributed by atoms with van der Waals surface area (Å²) in [6.07, 6.45) is 3.77. The standard InChI is InChI=1S/C28H37N5O/c1-20-11-14-30-22(3)26(20)27(34)31-15-12-28(5,13-16-31)32-17-18-33(21(2)19-32)23(4)24-7-9-25(29-6)10-8-24/h7-11,14,21,23H,12-13,15-19H2,1-5H3/t21-,23-/m0/s1. The summed E-state index contributed by atoms with van der Waals surface area (Å²) in [6, 6.07) is 10.7. The van der Waals surface area contributed by atoms with E-state index in [1.54, 1.807) is 6.20 Å². The van der Waals surface area contributed by atoms with Crippen molar-refractivity contribution in [3.05, 3.63) is 70.3 Å². The van der Waals surface area contributed by atoms with Gasteiger partial charge in [-0.2, -0.15) is 0 Å². The van der Waals surface area contributed by atoms with E-state index >= 15 is 0 Å². The first kappa shape index (κ1) is 24.4. The largest absolute Gasteiger partial charge is 0.338 e. The van der Waals surface area contributed by atoms with Crippen molar-refractivity contribution in [2.45, 2.75) is 65.1 Å². The van der Waals surface area contributed by atoms with Crippen LogP contribution in [-0.2, 0) is 0 Å². The number of carbonyl (C=O) groups is 1. The molecule has 0 aliphatic carbocycles. The molecule has 2 atom stereocenters. The summed E-state index contributed by atoms with van der Waals surface area (Å²) in [5.41, 5.74) is 4.69. The summed E-state index contributed by atoms with van der Waals surface area (Å²) in [5.74, 6) is 0.126. The molecule has 0 spiro atoms. The van der Waals surface area contributed by atoms with Crippen molar-refractivity contribution < 1.29 is 4.79 Å². The average Bonchev–Trinajstić information content (AvgIpc) is 2.84. The van der Waals surface area contributed by atoms with Crippen molar-refractivity contribution in [2.24, 2.45) is 0 Å². The van der Waals surface area contributed by atoms with Crippen LogP contribution >= 0.6 is 0 Å². The summed E-state index contributed by atoms with van der Waals surface area (Å²) in [6.45, 7) is 22.8. The Morgan fingerprint density at radius 3 is 2.38 bits per heavy atom. The molecule has 6 heteroatoms. The van der Waals surface area contributed by atoms with Crippen molar-refractivity contribution in [2.75, 3.05) is 32.7 Å². The van der Waals surface area contributed by atoms with Crippen LogP contribution in [0.5, 0.6) is 0 Å². The number of nitrogens with zero attached hydrogens (tertiary/aromatic N) is 5. The van der Waals surface area contributed by atoms with Crippen molar-refractivity contribution in [1.82, 2.24) is 19.7 Å². The molecule has 0 unspecified atom stereocenters. The third-order valence-electron chi connectivity index (χ3n) is 8.13. The smallest absolute Gasteiger partial charge is 0.255 e. The summed E-state index contributed by atoms with van der Waals surface area (Å²) >= 11 is 0. The van der Waals surface area contributed by atoms with E-state index in [4.69, 9.17) is 6.57 Å². The first-order valence-electron chi connectivity index (χ1n) is 12.4. The van der Waals surface area contributed by atoms with E-state index in [1.165, 1.54) is 5.56 Å². The maximum Gasteiger partial charge on any atom is 0.255 e. The molecule has 34 heavy (non-hydrogen) atoms. The third kappa shape index (κ3) is 4.73.